The number of halogens is 1. The van der Waals surface area contributed by atoms with Gasteiger partial charge >= 0.3 is 0 Å². The Morgan fingerprint density at radius 2 is 1.81 bits per heavy atom. The molecule has 1 unspecified atom stereocenters. The minimum absolute atomic E-state index is 0.0670. The van der Waals surface area contributed by atoms with Crippen molar-refractivity contribution in [1.29, 1.82) is 5.41 Å². The van der Waals surface area contributed by atoms with E-state index in [0.717, 1.165) is 5.56 Å². The van der Waals surface area contributed by atoms with Gasteiger partial charge in [0.15, 0.2) is 0 Å². The van der Waals surface area contributed by atoms with Gasteiger partial charge in [-0.2, -0.15) is 0 Å². The molecule has 0 heterocycles. The van der Waals surface area contributed by atoms with Crippen molar-refractivity contribution in [3.8, 4) is 0 Å². The minimum Gasteiger partial charge on any atom is -0.384 e. The predicted octanol–water partition coefficient (Wildman–Crippen LogP) is 2.32. The fourth-order valence-electron chi connectivity index (χ4n) is 2.81. The Morgan fingerprint density at radius 1 is 1.12 bits per heavy atom. The molecule has 32 heavy (non-hydrogen) atoms. The summed E-state index contributed by atoms with van der Waals surface area (Å²) in [7, 11) is 1.56. The molecule has 2 aromatic rings. The molecule has 3 amide bonds. The van der Waals surface area contributed by atoms with Crippen LogP contribution in [-0.2, 0) is 14.3 Å². The van der Waals surface area contributed by atoms with Gasteiger partial charge in [0, 0.05) is 29.4 Å². The van der Waals surface area contributed by atoms with Crippen molar-refractivity contribution in [2.75, 3.05) is 25.6 Å². The number of hydrogen-bond donors (Lipinski definition) is 5. The largest absolute Gasteiger partial charge is 0.384 e. The van der Waals surface area contributed by atoms with Gasteiger partial charge in [0.1, 0.15) is 12.3 Å². The fourth-order valence-corrected chi connectivity index (χ4v) is 3.38. The fraction of sp³-hybridized carbons (Fsp3) is 0.273. The van der Waals surface area contributed by atoms with Crippen LogP contribution in [0.1, 0.15) is 40.9 Å². The molecule has 10 heteroatoms. The molecule has 0 aliphatic heterocycles. The third kappa shape index (κ3) is 7.47. The number of hydrogen-bond acceptors (Lipinski definition) is 5. The lowest BCUT2D eigenvalue weighted by molar-refractivity contribution is -0.127. The van der Waals surface area contributed by atoms with Crippen molar-refractivity contribution in [1.82, 2.24) is 10.6 Å². The van der Waals surface area contributed by atoms with Gasteiger partial charge in [0.05, 0.1) is 18.2 Å². The molecule has 0 saturated carbocycles. The lowest BCUT2D eigenvalue weighted by Gasteiger charge is -2.16. The smallest absolute Gasteiger partial charge is 0.252 e. The molecule has 6 N–H and O–H groups in total. The number of nitrogens with two attached hydrogens (primary N) is 1. The van der Waals surface area contributed by atoms with E-state index in [9.17, 15) is 14.4 Å². The summed E-state index contributed by atoms with van der Waals surface area (Å²) in [5.74, 6) is -1.20. The van der Waals surface area contributed by atoms with Gasteiger partial charge in [-0.1, -0.05) is 6.07 Å². The highest BCUT2D eigenvalue weighted by atomic mass is 79.9. The van der Waals surface area contributed by atoms with Crippen LogP contribution < -0.4 is 21.7 Å². The van der Waals surface area contributed by atoms with E-state index in [2.05, 4.69) is 31.9 Å². The highest BCUT2D eigenvalue weighted by molar-refractivity contribution is 9.10. The second kappa shape index (κ2) is 12.0. The van der Waals surface area contributed by atoms with E-state index in [1.54, 1.807) is 56.5 Å². The van der Waals surface area contributed by atoms with Gasteiger partial charge in [-0.05, 0) is 64.8 Å². The minimum atomic E-state index is -0.463. The first-order valence-corrected chi connectivity index (χ1v) is 10.6. The Hall–Kier alpha value is -3.24. The van der Waals surface area contributed by atoms with Gasteiger partial charge in [0.2, 0.25) is 11.8 Å². The predicted molar refractivity (Wildman–Crippen MR) is 126 cm³/mol. The molecule has 0 radical (unpaired) electrons. The third-order valence-corrected chi connectivity index (χ3v) is 5.16. The average molecular weight is 504 g/mol. The molecule has 0 aromatic heterocycles. The Bertz CT molecular complexity index is 994. The Balaban J connectivity index is 1.89. The van der Waals surface area contributed by atoms with E-state index in [4.69, 9.17) is 15.9 Å². The van der Waals surface area contributed by atoms with Gasteiger partial charge in [-0.15, -0.1) is 0 Å². The summed E-state index contributed by atoms with van der Waals surface area (Å²) in [6.45, 7) is 2.61. The van der Waals surface area contributed by atoms with Crippen molar-refractivity contribution in [2.24, 2.45) is 5.73 Å². The second-order valence-electron chi connectivity index (χ2n) is 6.99. The molecule has 2 rings (SSSR count). The number of amides is 3. The van der Waals surface area contributed by atoms with E-state index >= 15 is 0 Å². The topological polar surface area (TPSA) is 146 Å². The summed E-state index contributed by atoms with van der Waals surface area (Å²) in [6, 6.07) is 11.2. The molecule has 1 atom stereocenters. The van der Waals surface area contributed by atoms with Crippen LogP contribution >= 0.6 is 15.9 Å². The van der Waals surface area contributed by atoms with Crippen LogP contribution in [-0.4, -0.2) is 43.8 Å². The van der Waals surface area contributed by atoms with Crippen LogP contribution in [0.3, 0.4) is 0 Å². The summed E-state index contributed by atoms with van der Waals surface area (Å²) in [4.78, 5) is 36.6. The van der Waals surface area contributed by atoms with Crippen LogP contribution in [0, 0.1) is 5.41 Å². The second-order valence-corrected chi connectivity index (χ2v) is 7.85. The van der Waals surface area contributed by atoms with Crippen LogP contribution in [0.15, 0.2) is 46.9 Å². The number of anilines is 1. The number of carbonyl (C=O) groups excluding carboxylic acids is 3. The molecule has 9 nitrogen and oxygen atoms in total. The van der Waals surface area contributed by atoms with Crippen molar-refractivity contribution >= 4 is 45.2 Å². The number of carbonyl (C=O) groups is 3. The molecule has 0 aliphatic carbocycles. The van der Waals surface area contributed by atoms with Crippen molar-refractivity contribution in [3.05, 3.63) is 63.6 Å². The Morgan fingerprint density at radius 3 is 2.41 bits per heavy atom. The summed E-state index contributed by atoms with van der Waals surface area (Å²) in [5, 5.41) is 15.5. The zero-order chi connectivity index (χ0) is 23.7. The molecule has 170 valence electrons. The maximum atomic E-state index is 12.3. The molecule has 0 spiro atoms. The van der Waals surface area contributed by atoms with Gasteiger partial charge in [-0.25, -0.2) is 0 Å². The number of nitrogen functional groups attached to an aromatic ring is 1. The zero-order valence-electron chi connectivity index (χ0n) is 17.8. The summed E-state index contributed by atoms with van der Waals surface area (Å²) in [6.07, 6.45) is -0.347. The van der Waals surface area contributed by atoms with Gasteiger partial charge in [-0.3, -0.25) is 19.8 Å². The standard InChI is InChI=1S/C22H26BrN5O4/c1-13(15-5-8-17(18(23)11-15)22(31)26-9-10-32-2)27-19(29)12-20(30)28-16-6-3-14(4-7-16)21(24)25/h3-8,11,13H,9-10,12H2,1-2H3,(H3,24,25)(H,26,31)(H,27,29)(H,28,30). The zero-order valence-corrected chi connectivity index (χ0v) is 19.4. The lowest BCUT2D eigenvalue weighted by Crippen LogP contribution is -2.30. The van der Waals surface area contributed by atoms with Crippen LogP contribution in [0.2, 0.25) is 0 Å². The van der Waals surface area contributed by atoms with Crippen molar-refractivity contribution < 1.29 is 19.1 Å². The van der Waals surface area contributed by atoms with Gasteiger partial charge < -0.3 is 26.4 Å². The van der Waals surface area contributed by atoms with E-state index in [-0.39, 0.29) is 24.2 Å². The highest BCUT2D eigenvalue weighted by Gasteiger charge is 2.16. The molecule has 2 aromatic carbocycles. The summed E-state index contributed by atoms with van der Waals surface area (Å²) in [5.41, 5.74) is 7.69. The van der Waals surface area contributed by atoms with E-state index < -0.39 is 11.8 Å². The molecular formula is C22H26BrN5O4. The van der Waals surface area contributed by atoms with Crippen LogP contribution in [0.5, 0.6) is 0 Å². The number of amidine groups is 1. The number of nitrogens with one attached hydrogen (secondary N) is 4. The molecular weight excluding hydrogens is 478 g/mol. The van der Waals surface area contributed by atoms with E-state index in [0.29, 0.717) is 34.4 Å². The maximum absolute atomic E-state index is 12.3. The Labute approximate surface area is 194 Å². The van der Waals surface area contributed by atoms with Gasteiger partial charge in [0.25, 0.3) is 5.91 Å². The van der Waals surface area contributed by atoms with E-state index in [1.165, 1.54) is 0 Å². The summed E-state index contributed by atoms with van der Waals surface area (Å²) < 4.78 is 5.51. The summed E-state index contributed by atoms with van der Waals surface area (Å²) >= 11 is 3.39. The quantitative estimate of drug-likeness (QED) is 0.146. The number of ether oxygens (including phenoxy) is 1. The SMILES string of the molecule is COCCNC(=O)c1ccc(C(C)NC(=O)CC(=O)Nc2ccc(C(=N)N)cc2)cc1Br. The molecule has 0 aliphatic rings. The van der Waals surface area contributed by atoms with Crippen molar-refractivity contribution in [3.63, 3.8) is 0 Å². The van der Waals surface area contributed by atoms with Crippen LogP contribution in [0.4, 0.5) is 5.69 Å². The monoisotopic (exact) mass is 503 g/mol. The normalized spacial score (nSPS) is 11.3. The van der Waals surface area contributed by atoms with E-state index in [1.807, 2.05) is 0 Å². The Kier molecular flexibility index (Phi) is 9.36. The number of rotatable bonds is 10. The molecule has 0 bridgehead atoms. The number of benzene rings is 2. The maximum Gasteiger partial charge on any atom is 0.252 e. The number of methoxy groups -OCH3 is 1. The first kappa shape index (κ1) is 25.0. The van der Waals surface area contributed by atoms with Crippen LogP contribution in [0.25, 0.3) is 0 Å². The average Bonchev–Trinajstić information content (AvgIpc) is 2.73. The first-order chi connectivity index (χ1) is 15.2. The molecule has 0 saturated heterocycles. The third-order valence-electron chi connectivity index (χ3n) is 4.51. The lowest BCUT2D eigenvalue weighted by atomic mass is 10.1. The molecule has 0 fully saturated rings. The highest BCUT2D eigenvalue weighted by Crippen LogP contribution is 2.22. The van der Waals surface area contributed by atoms with Crippen molar-refractivity contribution in [2.45, 2.75) is 19.4 Å². The first-order valence-electron chi connectivity index (χ1n) is 9.81.